The first-order valence-corrected chi connectivity index (χ1v) is 10.4. The second kappa shape index (κ2) is 10.2. The molecule has 1 unspecified atom stereocenters. The van der Waals surface area contributed by atoms with Gasteiger partial charge in [0.1, 0.15) is 5.84 Å². The standard InChI is InChI=1S/C22H30N6O2/c1-15-13-27-28(11-9-18-4-2-3-10-25-18)22(30)19(15)12-20(29)26-14-16-5-7-17(8-6-16)21(23)24/h5-8,13,18,25H,2-4,9-12,14H2,1H3,(H3,23,24)(H,26,29). The van der Waals surface area contributed by atoms with E-state index in [1.807, 2.05) is 19.1 Å². The fourth-order valence-electron chi connectivity index (χ4n) is 3.66. The molecule has 8 heteroatoms. The van der Waals surface area contributed by atoms with Crippen LogP contribution >= 0.6 is 0 Å². The Labute approximate surface area is 176 Å². The minimum absolute atomic E-state index is 0.00861. The summed E-state index contributed by atoms with van der Waals surface area (Å²) in [6.07, 6.45) is 6.11. The van der Waals surface area contributed by atoms with Crippen LogP contribution in [-0.2, 0) is 24.3 Å². The maximum Gasteiger partial charge on any atom is 0.270 e. The molecule has 0 spiro atoms. The topological polar surface area (TPSA) is 126 Å². The summed E-state index contributed by atoms with van der Waals surface area (Å²) < 4.78 is 1.48. The average molecular weight is 411 g/mol. The van der Waals surface area contributed by atoms with Crippen LogP contribution in [0.5, 0.6) is 0 Å². The fourth-order valence-corrected chi connectivity index (χ4v) is 3.66. The number of hydrogen-bond acceptors (Lipinski definition) is 5. The fraction of sp³-hybridized carbons (Fsp3) is 0.455. The van der Waals surface area contributed by atoms with Crippen LogP contribution in [0, 0.1) is 12.3 Å². The number of benzene rings is 1. The lowest BCUT2D eigenvalue weighted by Crippen LogP contribution is -2.37. The first-order chi connectivity index (χ1) is 14.4. The Hall–Kier alpha value is -3.00. The average Bonchev–Trinajstić information content (AvgIpc) is 2.75. The Kier molecular flexibility index (Phi) is 7.35. The number of nitrogens with zero attached hydrogens (tertiary/aromatic N) is 2. The van der Waals surface area contributed by atoms with Gasteiger partial charge in [0, 0.05) is 30.3 Å². The first-order valence-electron chi connectivity index (χ1n) is 10.4. The van der Waals surface area contributed by atoms with Crippen LogP contribution in [0.15, 0.2) is 35.3 Å². The monoisotopic (exact) mass is 410 g/mol. The third kappa shape index (κ3) is 5.76. The van der Waals surface area contributed by atoms with Gasteiger partial charge in [0.05, 0.1) is 12.6 Å². The Morgan fingerprint density at radius 3 is 2.77 bits per heavy atom. The van der Waals surface area contributed by atoms with Crippen molar-refractivity contribution < 1.29 is 4.79 Å². The molecule has 2 heterocycles. The van der Waals surface area contributed by atoms with Gasteiger partial charge in [-0.05, 0) is 43.9 Å². The molecule has 8 nitrogen and oxygen atoms in total. The quantitative estimate of drug-likeness (QED) is 0.385. The molecule has 1 aliphatic rings. The van der Waals surface area contributed by atoms with Crippen molar-refractivity contribution in [3.05, 3.63) is 63.1 Å². The highest BCUT2D eigenvalue weighted by atomic mass is 16.2. The van der Waals surface area contributed by atoms with Gasteiger partial charge in [-0.1, -0.05) is 30.7 Å². The van der Waals surface area contributed by atoms with Gasteiger partial charge in [-0.15, -0.1) is 0 Å². The van der Waals surface area contributed by atoms with Crippen molar-refractivity contribution in [1.29, 1.82) is 5.41 Å². The predicted molar refractivity (Wildman–Crippen MR) is 117 cm³/mol. The van der Waals surface area contributed by atoms with Crippen LogP contribution in [0.2, 0.25) is 0 Å². The van der Waals surface area contributed by atoms with E-state index >= 15 is 0 Å². The van der Waals surface area contributed by atoms with Crippen molar-refractivity contribution >= 4 is 11.7 Å². The second-order valence-corrected chi connectivity index (χ2v) is 7.83. The molecule has 160 valence electrons. The number of amidine groups is 1. The number of amides is 1. The van der Waals surface area contributed by atoms with Crippen LogP contribution in [0.1, 0.15) is 47.9 Å². The summed E-state index contributed by atoms with van der Waals surface area (Å²) in [4.78, 5) is 25.3. The predicted octanol–water partition coefficient (Wildman–Crippen LogP) is 1.23. The number of aryl methyl sites for hydroxylation is 2. The number of rotatable bonds is 8. The van der Waals surface area contributed by atoms with E-state index < -0.39 is 0 Å². The Morgan fingerprint density at radius 2 is 2.10 bits per heavy atom. The molecule has 0 aliphatic carbocycles. The molecule has 1 aromatic carbocycles. The van der Waals surface area contributed by atoms with Crippen LogP contribution in [0.25, 0.3) is 0 Å². The summed E-state index contributed by atoms with van der Waals surface area (Å²) in [5.74, 6) is -0.202. The van der Waals surface area contributed by atoms with Crippen molar-refractivity contribution in [2.75, 3.05) is 6.54 Å². The zero-order valence-corrected chi connectivity index (χ0v) is 17.4. The zero-order valence-electron chi connectivity index (χ0n) is 17.4. The Bertz CT molecular complexity index is 945. The Morgan fingerprint density at radius 1 is 1.33 bits per heavy atom. The van der Waals surface area contributed by atoms with E-state index in [2.05, 4.69) is 15.7 Å². The number of nitrogen functional groups attached to an aromatic ring is 1. The summed E-state index contributed by atoms with van der Waals surface area (Å²) in [6, 6.07) is 7.56. The Balaban J connectivity index is 1.58. The molecule has 0 bridgehead atoms. The summed E-state index contributed by atoms with van der Waals surface area (Å²) in [5.41, 5.74) is 8.02. The highest BCUT2D eigenvalue weighted by Gasteiger charge is 2.16. The lowest BCUT2D eigenvalue weighted by Gasteiger charge is -2.23. The molecule has 1 fully saturated rings. The van der Waals surface area contributed by atoms with Gasteiger partial charge in [-0.3, -0.25) is 15.0 Å². The lowest BCUT2D eigenvalue weighted by atomic mass is 10.0. The number of aromatic nitrogens is 2. The van der Waals surface area contributed by atoms with Gasteiger partial charge >= 0.3 is 0 Å². The minimum Gasteiger partial charge on any atom is -0.384 e. The zero-order chi connectivity index (χ0) is 21.5. The number of nitrogens with two attached hydrogens (primary N) is 1. The van der Waals surface area contributed by atoms with Gasteiger partial charge < -0.3 is 16.4 Å². The number of hydrogen-bond donors (Lipinski definition) is 4. The van der Waals surface area contributed by atoms with Crippen molar-refractivity contribution in [2.45, 2.75) is 58.2 Å². The minimum atomic E-state index is -0.211. The molecular weight excluding hydrogens is 380 g/mol. The molecule has 1 aliphatic heterocycles. The normalized spacial score (nSPS) is 16.2. The summed E-state index contributed by atoms with van der Waals surface area (Å²) in [5, 5.41) is 18.0. The van der Waals surface area contributed by atoms with Crippen LogP contribution in [0.3, 0.4) is 0 Å². The van der Waals surface area contributed by atoms with Gasteiger partial charge in [0.25, 0.3) is 5.56 Å². The van der Waals surface area contributed by atoms with Gasteiger partial charge in [-0.25, -0.2) is 4.68 Å². The van der Waals surface area contributed by atoms with E-state index in [1.165, 1.54) is 17.5 Å². The molecule has 2 aromatic rings. The van der Waals surface area contributed by atoms with Crippen molar-refractivity contribution in [2.24, 2.45) is 5.73 Å². The molecule has 1 aromatic heterocycles. The number of nitrogens with one attached hydrogen (secondary N) is 3. The summed E-state index contributed by atoms with van der Waals surface area (Å²) in [6.45, 7) is 3.74. The van der Waals surface area contributed by atoms with Crippen molar-refractivity contribution in [3.8, 4) is 0 Å². The molecule has 0 saturated carbocycles. The van der Waals surface area contributed by atoms with Gasteiger partial charge in [-0.2, -0.15) is 5.10 Å². The van der Waals surface area contributed by atoms with Gasteiger partial charge in [0.2, 0.25) is 5.91 Å². The molecule has 3 rings (SSSR count). The van der Waals surface area contributed by atoms with E-state index in [-0.39, 0.29) is 23.7 Å². The molecule has 1 amide bonds. The molecule has 0 radical (unpaired) electrons. The van der Waals surface area contributed by atoms with Crippen LogP contribution in [0.4, 0.5) is 0 Å². The van der Waals surface area contributed by atoms with Gasteiger partial charge in [0.15, 0.2) is 0 Å². The highest BCUT2D eigenvalue weighted by Crippen LogP contribution is 2.11. The smallest absolute Gasteiger partial charge is 0.270 e. The maximum atomic E-state index is 12.8. The highest BCUT2D eigenvalue weighted by molar-refractivity contribution is 5.94. The largest absolute Gasteiger partial charge is 0.384 e. The first kappa shape index (κ1) is 21.7. The molecule has 1 atom stereocenters. The van der Waals surface area contributed by atoms with E-state index in [1.54, 1.807) is 18.3 Å². The maximum absolute atomic E-state index is 12.8. The van der Waals surface area contributed by atoms with E-state index in [0.717, 1.165) is 30.5 Å². The van der Waals surface area contributed by atoms with E-state index in [9.17, 15) is 9.59 Å². The van der Waals surface area contributed by atoms with Crippen molar-refractivity contribution in [3.63, 3.8) is 0 Å². The molecular formula is C22H30N6O2. The van der Waals surface area contributed by atoms with Crippen molar-refractivity contribution in [1.82, 2.24) is 20.4 Å². The van der Waals surface area contributed by atoms with Crippen LogP contribution in [-0.4, -0.2) is 34.1 Å². The molecule has 1 saturated heterocycles. The van der Waals surface area contributed by atoms with Crippen LogP contribution < -0.4 is 21.9 Å². The SMILES string of the molecule is Cc1cnn(CCC2CCCCN2)c(=O)c1CC(=O)NCc1ccc(C(=N)N)cc1. The summed E-state index contributed by atoms with van der Waals surface area (Å²) >= 11 is 0. The second-order valence-electron chi connectivity index (χ2n) is 7.83. The summed E-state index contributed by atoms with van der Waals surface area (Å²) in [7, 11) is 0. The third-order valence-electron chi connectivity index (χ3n) is 5.55. The number of carbonyl (C=O) groups is 1. The molecule has 5 N–H and O–H groups in total. The van der Waals surface area contributed by atoms with E-state index in [4.69, 9.17) is 11.1 Å². The van der Waals surface area contributed by atoms with E-state index in [0.29, 0.717) is 30.3 Å². The third-order valence-corrected chi connectivity index (χ3v) is 5.55. The number of carbonyl (C=O) groups excluding carboxylic acids is 1. The lowest BCUT2D eigenvalue weighted by molar-refractivity contribution is -0.120. The number of piperidine rings is 1. The molecule has 30 heavy (non-hydrogen) atoms.